The highest BCUT2D eigenvalue weighted by Crippen LogP contribution is 2.22. The minimum absolute atomic E-state index is 0.455. The van der Waals surface area contributed by atoms with Crippen LogP contribution in [0.15, 0.2) is 0 Å². The molecule has 2 unspecified atom stereocenters. The van der Waals surface area contributed by atoms with Crippen LogP contribution in [-0.4, -0.2) is 23.4 Å². The third-order valence-electron chi connectivity index (χ3n) is 2.36. The number of amidine groups is 1. The molecule has 0 bridgehead atoms. The Kier molecular flexibility index (Phi) is 2.49. The van der Waals surface area contributed by atoms with Crippen LogP contribution in [0, 0.1) is 11.3 Å². The van der Waals surface area contributed by atoms with Crippen molar-refractivity contribution in [3.05, 3.63) is 0 Å². The molecular weight excluding hydrogens is 138 g/mol. The molecule has 11 heavy (non-hydrogen) atoms. The molecule has 0 saturated carbocycles. The maximum absolute atomic E-state index is 7.65. The van der Waals surface area contributed by atoms with Gasteiger partial charge in [-0.05, 0) is 19.3 Å². The standard InChI is InChI=1S/C8H17N3/c1-6-3-7(2)11(5-9)8(10)4-6/h6-7,10H,3-5,9H2,1-2H3. The predicted octanol–water partition coefficient (Wildman–Crippen LogP) is 1.00. The average molecular weight is 155 g/mol. The fraction of sp³-hybridized carbons (Fsp3) is 0.875. The van der Waals surface area contributed by atoms with Gasteiger partial charge in [0.2, 0.25) is 0 Å². The summed E-state index contributed by atoms with van der Waals surface area (Å²) in [6.07, 6.45) is 2.06. The third-order valence-corrected chi connectivity index (χ3v) is 2.36. The van der Waals surface area contributed by atoms with E-state index in [4.69, 9.17) is 11.1 Å². The van der Waals surface area contributed by atoms with Gasteiger partial charge in [0.05, 0.1) is 12.5 Å². The van der Waals surface area contributed by atoms with Gasteiger partial charge in [0.15, 0.2) is 0 Å². The molecule has 0 aromatic heterocycles. The zero-order valence-corrected chi connectivity index (χ0v) is 7.30. The first kappa shape index (κ1) is 8.53. The van der Waals surface area contributed by atoms with Crippen molar-refractivity contribution in [2.24, 2.45) is 11.7 Å². The lowest BCUT2D eigenvalue weighted by atomic mass is 9.93. The van der Waals surface area contributed by atoms with Gasteiger partial charge in [-0.1, -0.05) is 6.92 Å². The maximum atomic E-state index is 7.65. The minimum Gasteiger partial charge on any atom is -0.345 e. The predicted molar refractivity (Wildman–Crippen MR) is 46.5 cm³/mol. The van der Waals surface area contributed by atoms with Gasteiger partial charge in [-0.25, -0.2) is 0 Å². The first-order valence-electron chi connectivity index (χ1n) is 4.19. The van der Waals surface area contributed by atoms with Crippen molar-refractivity contribution in [3.8, 4) is 0 Å². The van der Waals surface area contributed by atoms with Gasteiger partial charge in [0, 0.05) is 12.5 Å². The molecule has 1 aliphatic rings. The summed E-state index contributed by atoms with van der Waals surface area (Å²) in [6.45, 7) is 4.82. The summed E-state index contributed by atoms with van der Waals surface area (Å²) < 4.78 is 0. The average Bonchev–Trinajstić information content (AvgIpc) is 1.85. The van der Waals surface area contributed by atoms with E-state index in [0.29, 0.717) is 24.5 Å². The summed E-state index contributed by atoms with van der Waals surface area (Å²) >= 11 is 0. The quantitative estimate of drug-likeness (QED) is 0.593. The lowest BCUT2D eigenvalue weighted by molar-refractivity contribution is 0.247. The van der Waals surface area contributed by atoms with Crippen molar-refractivity contribution in [3.63, 3.8) is 0 Å². The van der Waals surface area contributed by atoms with E-state index in [2.05, 4.69) is 13.8 Å². The van der Waals surface area contributed by atoms with Gasteiger partial charge in [0.1, 0.15) is 0 Å². The number of hydrogen-bond donors (Lipinski definition) is 2. The first-order valence-corrected chi connectivity index (χ1v) is 4.19. The third kappa shape index (κ3) is 1.71. The molecule has 1 fully saturated rings. The van der Waals surface area contributed by atoms with Crippen LogP contribution >= 0.6 is 0 Å². The maximum Gasteiger partial charge on any atom is 0.0973 e. The Balaban J connectivity index is 2.59. The van der Waals surface area contributed by atoms with E-state index < -0.39 is 0 Å². The molecule has 3 heteroatoms. The van der Waals surface area contributed by atoms with Gasteiger partial charge in [-0.3, -0.25) is 5.41 Å². The Hall–Kier alpha value is -0.570. The fourth-order valence-corrected chi connectivity index (χ4v) is 1.80. The van der Waals surface area contributed by atoms with Gasteiger partial charge >= 0.3 is 0 Å². The van der Waals surface area contributed by atoms with Crippen LogP contribution in [0.25, 0.3) is 0 Å². The van der Waals surface area contributed by atoms with Crippen LogP contribution in [0.3, 0.4) is 0 Å². The molecule has 1 aliphatic heterocycles. The number of piperidine rings is 1. The van der Waals surface area contributed by atoms with E-state index in [-0.39, 0.29) is 0 Å². The molecule has 2 atom stereocenters. The molecular formula is C8H17N3. The molecule has 0 radical (unpaired) electrons. The van der Waals surface area contributed by atoms with Crippen LogP contribution in [0.5, 0.6) is 0 Å². The molecule has 3 N–H and O–H groups in total. The lowest BCUT2D eigenvalue weighted by Crippen LogP contribution is -2.46. The minimum atomic E-state index is 0.455. The van der Waals surface area contributed by atoms with Crippen molar-refractivity contribution in [1.82, 2.24) is 4.90 Å². The molecule has 1 heterocycles. The highest BCUT2D eigenvalue weighted by atomic mass is 15.2. The Morgan fingerprint density at radius 2 is 2.27 bits per heavy atom. The second-order valence-electron chi connectivity index (χ2n) is 3.49. The van der Waals surface area contributed by atoms with Crippen LogP contribution < -0.4 is 5.73 Å². The van der Waals surface area contributed by atoms with Crippen molar-refractivity contribution >= 4 is 5.84 Å². The highest BCUT2D eigenvalue weighted by molar-refractivity contribution is 5.80. The summed E-state index contributed by atoms with van der Waals surface area (Å²) in [6, 6.07) is 0.455. The smallest absolute Gasteiger partial charge is 0.0973 e. The Morgan fingerprint density at radius 1 is 1.64 bits per heavy atom. The fourth-order valence-electron chi connectivity index (χ4n) is 1.80. The second kappa shape index (κ2) is 3.22. The number of nitrogens with one attached hydrogen (secondary N) is 1. The van der Waals surface area contributed by atoms with E-state index in [1.807, 2.05) is 4.90 Å². The van der Waals surface area contributed by atoms with Crippen LogP contribution in [0.4, 0.5) is 0 Å². The number of hydrogen-bond acceptors (Lipinski definition) is 2. The summed E-state index contributed by atoms with van der Waals surface area (Å²) in [5, 5.41) is 7.65. The Bertz CT molecular complexity index is 155. The first-order chi connectivity index (χ1) is 5.15. The summed E-state index contributed by atoms with van der Waals surface area (Å²) in [5.41, 5.74) is 5.51. The number of rotatable bonds is 1. The molecule has 3 nitrogen and oxygen atoms in total. The zero-order chi connectivity index (χ0) is 8.43. The van der Waals surface area contributed by atoms with Crippen molar-refractivity contribution in [2.45, 2.75) is 32.7 Å². The summed E-state index contributed by atoms with van der Waals surface area (Å²) in [4.78, 5) is 1.97. The molecule has 0 amide bonds. The number of nitrogens with two attached hydrogens (primary N) is 1. The molecule has 0 aliphatic carbocycles. The van der Waals surface area contributed by atoms with Gasteiger partial charge in [-0.15, -0.1) is 0 Å². The van der Waals surface area contributed by atoms with E-state index >= 15 is 0 Å². The van der Waals surface area contributed by atoms with E-state index in [1.165, 1.54) is 6.42 Å². The zero-order valence-electron chi connectivity index (χ0n) is 7.30. The topological polar surface area (TPSA) is 53.1 Å². The number of likely N-dealkylation sites (tertiary alicyclic amines) is 1. The summed E-state index contributed by atoms with van der Waals surface area (Å²) in [7, 11) is 0. The second-order valence-corrected chi connectivity index (χ2v) is 3.49. The molecule has 1 rings (SSSR count). The molecule has 1 saturated heterocycles. The molecule has 64 valence electrons. The number of nitrogens with zero attached hydrogens (tertiary/aromatic N) is 1. The van der Waals surface area contributed by atoms with E-state index in [1.54, 1.807) is 0 Å². The monoisotopic (exact) mass is 155 g/mol. The Morgan fingerprint density at radius 3 is 2.73 bits per heavy atom. The van der Waals surface area contributed by atoms with Gasteiger partial charge in [0.25, 0.3) is 0 Å². The van der Waals surface area contributed by atoms with Crippen LogP contribution in [-0.2, 0) is 0 Å². The van der Waals surface area contributed by atoms with Crippen molar-refractivity contribution in [1.29, 1.82) is 5.41 Å². The van der Waals surface area contributed by atoms with Crippen LogP contribution in [0.2, 0.25) is 0 Å². The van der Waals surface area contributed by atoms with Gasteiger partial charge in [-0.2, -0.15) is 0 Å². The van der Waals surface area contributed by atoms with E-state index in [9.17, 15) is 0 Å². The largest absolute Gasteiger partial charge is 0.345 e. The van der Waals surface area contributed by atoms with Gasteiger partial charge < -0.3 is 10.6 Å². The SMILES string of the molecule is CC1CC(=N)N(CN)C(C)C1. The van der Waals surface area contributed by atoms with Crippen LogP contribution in [0.1, 0.15) is 26.7 Å². The van der Waals surface area contributed by atoms with Crippen molar-refractivity contribution in [2.75, 3.05) is 6.67 Å². The van der Waals surface area contributed by atoms with Crippen molar-refractivity contribution < 1.29 is 0 Å². The van der Waals surface area contributed by atoms with E-state index in [0.717, 1.165) is 6.42 Å². The normalized spacial score (nSPS) is 32.6. The molecule has 0 aromatic rings. The summed E-state index contributed by atoms with van der Waals surface area (Å²) in [5.74, 6) is 1.36. The lowest BCUT2D eigenvalue weighted by Gasteiger charge is -2.37. The molecule has 0 aromatic carbocycles. The Labute approximate surface area is 68.1 Å². The highest BCUT2D eigenvalue weighted by Gasteiger charge is 2.24. The molecule has 0 spiro atoms.